The number of nitrogens with zero attached hydrogens (tertiary/aromatic N) is 2. The average molecular weight is 404 g/mol. The van der Waals surface area contributed by atoms with Gasteiger partial charge in [-0.25, -0.2) is 13.9 Å². The lowest BCUT2D eigenvalue weighted by molar-refractivity contribution is 0.101. The number of amides is 1. The van der Waals surface area contributed by atoms with Crippen LogP contribution in [-0.4, -0.2) is 26.3 Å². The number of hydrogen-bond acceptors (Lipinski definition) is 4. The molecule has 7 nitrogen and oxygen atoms in total. The van der Waals surface area contributed by atoms with Gasteiger partial charge in [0.25, 0.3) is 11.5 Å². The largest absolute Gasteiger partial charge is 0.322 e. The van der Waals surface area contributed by atoms with Crippen molar-refractivity contribution < 1.29 is 14.0 Å². The standard InChI is InChI=1S/C22H17FN4O3/c1-13(28)14-6-4-7-17(10-14)26-21(29)18-12-25-27-20(18)24-11-16(22(27)30)9-15-5-2-3-8-19(15)23/h2-8,10-12,25H,9H2,1H3,(H,26,29). The molecule has 4 rings (SSSR count). The van der Waals surface area contributed by atoms with Crippen LogP contribution in [-0.2, 0) is 6.42 Å². The van der Waals surface area contributed by atoms with Crippen LogP contribution in [0, 0.1) is 5.82 Å². The van der Waals surface area contributed by atoms with E-state index in [0.717, 1.165) is 4.52 Å². The highest BCUT2D eigenvalue weighted by molar-refractivity contribution is 6.08. The number of halogens is 1. The first-order valence-corrected chi connectivity index (χ1v) is 9.18. The van der Waals surface area contributed by atoms with Crippen LogP contribution < -0.4 is 10.9 Å². The second kappa shape index (κ2) is 7.75. The maximum absolute atomic E-state index is 13.9. The lowest BCUT2D eigenvalue weighted by Crippen LogP contribution is -2.21. The molecule has 0 fully saturated rings. The Bertz CT molecular complexity index is 1340. The molecule has 0 saturated carbocycles. The van der Waals surface area contributed by atoms with E-state index in [1.54, 1.807) is 42.5 Å². The fourth-order valence-electron chi connectivity index (χ4n) is 3.14. The summed E-state index contributed by atoms with van der Waals surface area (Å²) in [7, 11) is 0. The topological polar surface area (TPSA) is 96.3 Å². The second-order valence-corrected chi connectivity index (χ2v) is 6.79. The van der Waals surface area contributed by atoms with E-state index >= 15 is 0 Å². The molecule has 30 heavy (non-hydrogen) atoms. The third kappa shape index (κ3) is 3.62. The maximum atomic E-state index is 13.9. The van der Waals surface area contributed by atoms with Crippen LogP contribution in [0.1, 0.15) is 38.8 Å². The summed E-state index contributed by atoms with van der Waals surface area (Å²) in [6.45, 7) is 1.44. The Morgan fingerprint density at radius 1 is 1.13 bits per heavy atom. The smallest absolute Gasteiger partial charge is 0.276 e. The van der Waals surface area contributed by atoms with Crippen molar-refractivity contribution in [1.29, 1.82) is 0 Å². The number of aromatic nitrogens is 3. The van der Waals surface area contributed by atoms with Crippen molar-refractivity contribution in [2.24, 2.45) is 0 Å². The molecule has 0 aliphatic heterocycles. The van der Waals surface area contributed by atoms with Crippen molar-refractivity contribution in [3.05, 3.63) is 99.3 Å². The van der Waals surface area contributed by atoms with Crippen molar-refractivity contribution >= 4 is 23.0 Å². The summed E-state index contributed by atoms with van der Waals surface area (Å²) < 4.78 is 15.1. The van der Waals surface area contributed by atoms with E-state index in [9.17, 15) is 18.8 Å². The number of rotatable bonds is 5. The van der Waals surface area contributed by atoms with E-state index in [2.05, 4.69) is 15.4 Å². The number of carbonyl (C=O) groups is 2. The summed E-state index contributed by atoms with van der Waals surface area (Å²) >= 11 is 0. The Balaban J connectivity index is 1.63. The van der Waals surface area contributed by atoms with Gasteiger partial charge in [-0.15, -0.1) is 0 Å². The molecule has 8 heteroatoms. The molecule has 0 unspecified atom stereocenters. The van der Waals surface area contributed by atoms with Crippen molar-refractivity contribution in [2.45, 2.75) is 13.3 Å². The zero-order valence-electron chi connectivity index (χ0n) is 16.0. The van der Waals surface area contributed by atoms with E-state index in [4.69, 9.17) is 0 Å². The van der Waals surface area contributed by atoms with Crippen LogP contribution in [0.15, 0.2) is 65.7 Å². The molecule has 2 N–H and O–H groups in total. The first kappa shape index (κ1) is 19.3. The van der Waals surface area contributed by atoms with E-state index in [1.165, 1.54) is 25.4 Å². The molecule has 0 aliphatic carbocycles. The number of Topliss-reactive ketones (excluding diaryl/α,β-unsaturated/α-hetero) is 1. The van der Waals surface area contributed by atoms with Gasteiger partial charge in [0.2, 0.25) is 0 Å². The molecule has 0 radical (unpaired) electrons. The summed E-state index contributed by atoms with van der Waals surface area (Å²) in [6, 6.07) is 12.8. The van der Waals surface area contributed by atoms with Gasteiger partial charge in [0.05, 0.1) is 0 Å². The Morgan fingerprint density at radius 2 is 1.93 bits per heavy atom. The molecule has 150 valence electrons. The number of aromatic amines is 1. The number of carbonyl (C=O) groups excluding carboxylic acids is 2. The van der Waals surface area contributed by atoms with Gasteiger partial charge in [0, 0.05) is 35.6 Å². The van der Waals surface area contributed by atoms with Gasteiger partial charge in [-0.2, -0.15) is 0 Å². The number of hydrogen-bond donors (Lipinski definition) is 2. The summed E-state index contributed by atoms with van der Waals surface area (Å²) in [5.74, 6) is -1.00. The molecule has 0 bridgehead atoms. The monoisotopic (exact) mass is 404 g/mol. The van der Waals surface area contributed by atoms with Gasteiger partial charge in [-0.3, -0.25) is 19.5 Å². The summed E-state index contributed by atoms with van der Waals surface area (Å²) in [5, 5.41) is 5.42. The lowest BCUT2D eigenvalue weighted by Gasteiger charge is -2.06. The summed E-state index contributed by atoms with van der Waals surface area (Å²) in [4.78, 5) is 41.2. The lowest BCUT2D eigenvalue weighted by atomic mass is 10.1. The van der Waals surface area contributed by atoms with E-state index in [1.807, 2.05) is 0 Å². The molecule has 2 aromatic heterocycles. The minimum Gasteiger partial charge on any atom is -0.322 e. The number of fused-ring (bicyclic) bond motifs is 1. The van der Waals surface area contributed by atoms with Crippen molar-refractivity contribution in [1.82, 2.24) is 14.6 Å². The second-order valence-electron chi connectivity index (χ2n) is 6.79. The molecular formula is C22H17FN4O3. The van der Waals surface area contributed by atoms with Crippen molar-refractivity contribution in [3.63, 3.8) is 0 Å². The van der Waals surface area contributed by atoms with Gasteiger partial charge in [0.1, 0.15) is 11.4 Å². The van der Waals surface area contributed by atoms with E-state index < -0.39 is 17.3 Å². The van der Waals surface area contributed by atoms with Crippen LogP contribution in [0.3, 0.4) is 0 Å². The highest BCUT2D eigenvalue weighted by atomic mass is 19.1. The van der Waals surface area contributed by atoms with Crippen LogP contribution in [0.25, 0.3) is 5.65 Å². The van der Waals surface area contributed by atoms with Gasteiger partial charge >= 0.3 is 0 Å². The Morgan fingerprint density at radius 3 is 2.70 bits per heavy atom. The average Bonchev–Trinajstić information content (AvgIpc) is 3.17. The number of nitrogens with one attached hydrogen (secondary N) is 2. The van der Waals surface area contributed by atoms with Crippen LogP contribution in [0.2, 0.25) is 0 Å². The predicted octanol–water partition coefficient (Wildman–Crippen LogP) is 3.21. The van der Waals surface area contributed by atoms with Gasteiger partial charge in [-0.1, -0.05) is 30.3 Å². The minimum absolute atomic E-state index is 0.0832. The van der Waals surface area contributed by atoms with Crippen LogP contribution in [0.5, 0.6) is 0 Å². The molecule has 0 spiro atoms. The Labute approximate surface area is 170 Å². The quantitative estimate of drug-likeness (QED) is 0.499. The van der Waals surface area contributed by atoms with Gasteiger partial charge < -0.3 is 5.32 Å². The fourth-order valence-corrected chi connectivity index (χ4v) is 3.14. The fraction of sp³-hybridized carbons (Fsp3) is 0.0909. The van der Waals surface area contributed by atoms with Crippen LogP contribution in [0.4, 0.5) is 10.1 Å². The molecule has 1 amide bonds. The number of benzene rings is 2. The maximum Gasteiger partial charge on any atom is 0.276 e. The van der Waals surface area contributed by atoms with Crippen LogP contribution >= 0.6 is 0 Å². The highest BCUT2D eigenvalue weighted by Gasteiger charge is 2.17. The first-order chi connectivity index (χ1) is 14.4. The number of ketones is 1. The molecule has 0 atom stereocenters. The molecule has 2 aromatic carbocycles. The number of H-pyrrole nitrogens is 1. The Kier molecular flexibility index (Phi) is 4.97. The van der Waals surface area contributed by atoms with E-state index in [-0.39, 0.29) is 23.4 Å². The third-order valence-corrected chi connectivity index (χ3v) is 4.72. The van der Waals surface area contributed by atoms with Crippen molar-refractivity contribution in [2.75, 3.05) is 5.32 Å². The van der Waals surface area contributed by atoms with Gasteiger partial charge in [-0.05, 0) is 30.7 Å². The highest BCUT2D eigenvalue weighted by Crippen LogP contribution is 2.15. The zero-order valence-corrected chi connectivity index (χ0v) is 16.0. The SMILES string of the molecule is CC(=O)c1cccc(NC(=O)c2c[nH]n3c(=O)c(Cc4ccccc4F)cnc23)c1. The minimum atomic E-state index is -0.483. The van der Waals surface area contributed by atoms with Crippen molar-refractivity contribution in [3.8, 4) is 0 Å². The predicted molar refractivity (Wildman–Crippen MR) is 109 cm³/mol. The normalized spacial score (nSPS) is 10.9. The first-order valence-electron chi connectivity index (χ1n) is 9.18. The molecule has 2 heterocycles. The molecule has 0 saturated heterocycles. The van der Waals surface area contributed by atoms with Gasteiger partial charge in [0.15, 0.2) is 11.4 Å². The zero-order chi connectivity index (χ0) is 21.3. The Hall–Kier alpha value is -4.07. The summed E-state index contributed by atoms with van der Waals surface area (Å²) in [5.41, 5.74) is 1.49. The third-order valence-electron chi connectivity index (χ3n) is 4.72. The summed E-state index contributed by atoms with van der Waals surface area (Å²) in [6.07, 6.45) is 2.81. The number of anilines is 1. The van der Waals surface area contributed by atoms with E-state index in [0.29, 0.717) is 22.4 Å². The molecule has 0 aliphatic rings. The molecule has 4 aromatic rings. The molecular weight excluding hydrogens is 387 g/mol.